The Morgan fingerprint density at radius 1 is 1.38 bits per heavy atom. The van der Waals surface area contributed by atoms with Gasteiger partial charge >= 0.3 is 0 Å². The number of hydrogen-bond donors (Lipinski definition) is 1. The molecule has 1 saturated heterocycles. The van der Waals surface area contributed by atoms with Crippen molar-refractivity contribution in [3.05, 3.63) is 34.4 Å². The van der Waals surface area contributed by atoms with Gasteiger partial charge in [0.1, 0.15) is 10.5 Å². The summed E-state index contributed by atoms with van der Waals surface area (Å²) in [6.45, 7) is 5.11. The van der Waals surface area contributed by atoms with Gasteiger partial charge in [0.2, 0.25) is 0 Å². The van der Waals surface area contributed by atoms with E-state index in [1.54, 1.807) is 12.4 Å². The second-order valence-electron chi connectivity index (χ2n) is 6.04. The first kappa shape index (κ1) is 16.9. The van der Waals surface area contributed by atoms with Crippen molar-refractivity contribution in [3.63, 3.8) is 0 Å². The van der Waals surface area contributed by atoms with Crippen LogP contribution in [-0.4, -0.2) is 32.1 Å². The summed E-state index contributed by atoms with van der Waals surface area (Å²) in [6, 6.07) is 0. The monoisotopic (exact) mass is 347 g/mol. The third-order valence-corrected chi connectivity index (χ3v) is 4.96. The van der Waals surface area contributed by atoms with Crippen molar-refractivity contribution >= 4 is 17.4 Å². The third kappa shape index (κ3) is 3.59. The lowest BCUT2D eigenvalue weighted by atomic mass is 9.95. The van der Waals surface area contributed by atoms with Crippen LogP contribution in [0.5, 0.6) is 0 Å². The van der Waals surface area contributed by atoms with Gasteiger partial charge in [-0.25, -0.2) is 9.97 Å². The summed E-state index contributed by atoms with van der Waals surface area (Å²) >= 11 is 1.12. The van der Waals surface area contributed by atoms with E-state index in [0.29, 0.717) is 23.7 Å². The minimum atomic E-state index is -0.398. The van der Waals surface area contributed by atoms with Crippen LogP contribution in [0.15, 0.2) is 12.4 Å². The Labute approximate surface area is 145 Å². The van der Waals surface area contributed by atoms with Gasteiger partial charge in [0.05, 0.1) is 5.69 Å². The molecule has 0 bridgehead atoms. The SMILES string of the molecule is CCc1nnsc1C(=O)NCc1cnc([C@@]2(C)CCCCO2)nc1. The minimum absolute atomic E-state index is 0.159. The number of carbonyl (C=O) groups excluding carboxylic acids is 1. The Balaban J connectivity index is 1.61. The molecule has 2 aromatic rings. The summed E-state index contributed by atoms with van der Waals surface area (Å²) < 4.78 is 9.69. The average Bonchev–Trinajstić information content (AvgIpc) is 3.09. The number of nitrogens with zero attached hydrogens (tertiary/aromatic N) is 4. The quantitative estimate of drug-likeness (QED) is 0.892. The van der Waals surface area contributed by atoms with E-state index < -0.39 is 5.60 Å². The molecule has 1 amide bonds. The normalized spacial score (nSPS) is 20.8. The molecule has 128 valence electrons. The maximum atomic E-state index is 12.2. The van der Waals surface area contributed by atoms with Crippen molar-refractivity contribution in [2.24, 2.45) is 0 Å². The van der Waals surface area contributed by atoms with Crippen LogP contribution in [0.2, 0.25) is 0 Å². The fraction of sp³-hybridized carbons (Fsp3) is 0.562. The summed E-state index contributed by atoms with van der Waals surface area (Å²) in [6.07, 6.45) is 7.33. The zero-order valence-electron chi connectivity index (χ0n) is 13.9. The Hall–Kier alpha value is -1.93. The molecule has 3 heterocycles. The van der Waals surface area contributed by atoms with Gasteiger partial charge in [-0.05, 0) is 44.1 Å². The van der Waals surface area contributed by atoms with E-state index >= 15 is 0 Å². The molecule has 2 aromatic heterocycles. The molecule has 1 atom stereocenters. The minimum Gasteiger partial charge on any atom is -0.367 e. The second-order valence-corrected chi connectivity index (χ2v) is 6.79. The van der Waals surface area contributed by atoms with Crippen molar-refractivity contribution in [2.45, 2.75) is 51.7 Å². The molecular weight excluding hydrogens is 326 g/mol. The zero-order chi connectivity index (χ0) is 17.0. The van der Waals surface area contributed by atoms with E-state index in [4.69, 9.17) is 4.74 Å². The number of amides is 1. The first-order valence-electron chi connectivity index (χ1n) is 8.17. The summed E-state index contributed by atoms with van der Waals surface area (Å²) in [4.78, 5) is 21.6. The first-order valence-corrected chi connectivity index (χ1v) is 8.94. The van der Waals surface area contributed by atoms with Gasteiger partial charge in [-0.15, -0.1) is 5.10 Å². The van der Waals surface area contributed by atoms with E-state index in [0.717, 1.165) is 48.7 Å². The predicted molar refractivity (Wildman–Crippen MR) is 89.6 cm³/mol. The van der Waals surface area contributed by atoms with Crippen molar-refractivity contribution in [2.75, 3.05) is 6.61 Å². The number of aromatic nitrogens is 4. The number of hydrogen-bond acceptors (Lipinski definition) is 7. The highest BCUT2D eigenvalue weighted by atomic mass is 32.1. The van der Waals surface area contributed by atoms with Crippen molar-refractivity contribution in [1.82, 2.24) is 24.9 Å². The molecule has 0 aromatic carbocycles. The van der Waals surface area contributed by atoms with Gasteiger partial charge in [-0.2, -0.15) is 0 Å². The van der Waals surface area contributed by atoms with Gasteiger partial charge in [-0.3, -0.25) is 4.79 Å². The van der Waals surface area contributed by atoms with Crippen LogP contribution in [0.3, 0.4) is 0 Å². The fourth-order valence-electron chi connectivity index (χ4n) is 2.70. The smallest absolute Gasteiger partial charge is 0.265 e. The van der Waals surface area contributed by atoms with Gasteiger partial charge in [-0.1, -0.05) is 11.4 Å². The van der Waals surface area contributed by atoms with Crippen LogP contribution in [0.1, 0.15) is 59.9 Å². The lowest BCUT2D eigenvalue weighted by molar-refractivity contribution is -0.0760. The molecule has 0 saturated carbocycles. The van der Waals surface area contributed by atoms with Crippen LogP contribution in [-0.2, 0) is 23.3 Å². The largest absolute Gasteiger partial charge is 0.367 e. The highest BCUT2D eigenvalue weighted by Crippen LogP contribution is 2.32. The number of carbonyl (C=O) groups is 1. The van der Waals surface area contributed by atoms with Crippen LogP contribution in [0.4, 0.5) is 0 Å². The standard InChI is InChI=1S/C16H21N5O2S/c1-3-12-13(24-21-20-12)14(22)17-8-11-9-18-15(19-10-11)16(2)6-4-5-7-23-16/h9-10H,3-8H2,1-2H3,(H,17,22)/t16-/m1/s1. The van der Waals surface area contributed by atoms with Crippen molar-refractivity contribution in [1.29, 1.82) is 0 Å². The number of ether oxygens (including phenoxy) is 1. The Morgan fingerprint density at radius 3 is 2.83 bits per heavy atom. The van der Waals surface area contributed by atoms with Crippen LogP contribution < -0.4 is 5.32 Å². The predicted octanol–water partition coefficient (Wildman–Crippen LogP) is 2.24. The highest BCUT2D eigenvalue weighted by molar-refractivity contribution is 7.08. The lowest BCUT2D eigenvalue weighted by Crippen LogP contribution is -2.32. The molecule has 1 aliphatic rings. The van der Waals surface area contributed by atoms with E-state index in [1.165, 1.54) is 0 Å². The average molecular weight is 347 g/mol. The number of rotatable bonds is 5. The molecule has 1 fully saturated rings. The Bertz CT molecular complexity index is 695. The first-order chi connectivity index (χ1) is 11.6. The van der Waals surface area contributed by atoms with Crippen LogP contribution in [0, 0.1) is 0 Å². The molecule has 7 nitrogen and oxygen atoms in total. The van der Waals surface area contributed by atoms with Crippen LogP contribution in [0.25, 0.3) is 0 Å². The number of aryl methyl sites for hydroxylation is 1. The summed E-state index contributed by atoms with van der Waals surface area (Å²) in [5.41, 5.74) is 1.18. The topological polar surface area (TPSA) is 89.9 Å². The lowest BCUT2D eigenvalue weighted by Gasteiger charge is -2.32. The summed E-state index contributed by atoms with van der Waals surface area (Å²) in [5, 5.41) is 6.82. The van der Waals surface area contributed by atoms with E-state index in [1.807, 2.05) is 13.8 Å². The third-order valence-electron chi connectivity index (χ3n) is 4.20. The molecule has 0 spiro atoms. The van der Waals surface area contributed by atoms with Crippen LogP contribution >= 0.6 is 11.5 Å². The molecule has 1 aliphatic heterocycles. The number of nitrogens with one attached hydrogen (secondary N) is 1. The van der Waals surface area contributed by atoms with E-state index in [9.17, 15) is 4.79 Å². The molecule has 3 rings (SSSR count). The molecule has 0 aliphatic carbocycles. The van der Waals surface area contributed by atoms with Crippen molar-refractivity contribution in [3.8, 4) is 0 Å². The van der Waals surface area contributed by atoms with Crippen molar-refractivity contribution < 1.29 is 9.53 Å². The molecular formula is C16H21N5O2S. The maximum absolute atomic E-state index is 12.2. The second kappa shape index (κ2) is 7.31. The molecule has 0 radical (unpaired) electrons. The highest BCUT2D eigenvalue weighted by Gasteiger charge is 2.32. The van der Waals surface area contributed by atoms with Gasteiger partial charge in [0.25, 0.3) is 5.91 Å². The summed E-state index contributed by atoms with van der Waals surface area (Å²) in [5.74, 6) is 0.547. The van der Waals surface area contributed by atoms with E-state index in [-0.39, 0.29) is 5.91 Å². The molecule has 1 N–H and O–H groups in total. The van der Waals surface area contributed by atoms with Gasteiger partial charge in [0.15, 0.2) is 5.82 Å². The van der Waals surface area contributed by atoms with E-state index in [2.05, 4.69) is 24.9 Å². The van der Waals surface area contributed by atoms with Gasteiger partial charge < -0.3 is 10.1 Å². The Kier molecular flexibility index (Phi) is 5.15. The zero-order valence-corrected chi connectivity index (χ0v) is 14.7. The maximum Gasteiger partial charge on any atom is 0.265 e. The fourth-order valence-corrected chi connectivity index (χ4v) is 3.37. The molecule has 24 heavy (non-hydrogen) atoms. The van der Waals surface area contributed by atoms with Gasteiger partial charge in [0, 0.05) is 31.1 Å². The Morgan fingerprint density at radius 2 is 2.17 bits per heavy atom. The summed E-state index contributed by atoms with van der Waals surface area (Å²) in [7, 11) is 0. The molecule has 0 unspecified atom stereocenters. The molecule has 8 heteroatoms.